The Hall–Kier alpha value is -3.29. The maximum absolute atomic E-state index is 12.7. The van der Waals surface area contributed by atoms with Crippen molar-refractivity contribution in [2.45, 2.75) is 32.7 Å². The van der Waals surface area contributed by atoms with Crippen LogP contribution in [0.5, 0.6) is 5.75 Å². The quantitative estimate of drug-likeness (QED) is 0.548. The fraction of sp³-hybridized carbons (Fsp3) is 0.409. The molecule has 0 fully saturated rings. The van der Waals surface area contributed by atoms with Gasteiger partial charge in [0.05, 0.1) is 13.5 Å². The number of nitrogens with zero attached hydrogens (tertiary/aromatic N) is 1. The molecule has 8 nitrogen and oxygen atoms in total. The van der Waals surface area contributed by atoms with Crippen LogP contribution < -0.4 is 10.1 Å². The molecule has 1 atom stereocenters. The number of carboxylic acids is 2. The highest BCUT2D eigenvalue weighted by Gasteiger charge is 2.26. The third-order valence-electron chi connectivity index (χ3n) is 4.69. The van der Waals surface area contributed by atoms with E-state index in [4.69, 9.17) is 9.84 Å². The number of urea groups is 1. The fourth-order valence-corrected chi connectivity index (χ4v) is 3.31. The maximum Gasteiger partial charge on any atom is 0.326 e. The number of carbonyl (C=O) groups excluding carboxylic acids is 1. The maximum atomic E-state index is 12.7. The molecule has 30 heavy (non-hydrogen) atoms. The Bertz CT molecular complexity index is 912. The number of benzene rings is 2. The summed E-state index contributed by atoms with van der Waals surface area (Å²) in [5.74, 6) is -1.56. The Morgan fingerprint density at radius 2 is 1.80 bits per heavy atom. The summed E-state index contributed by atoms with van der Waals surface area (Å²) in [4.78, 5) is 36.9. The number of carboxylic acid groups (broad SMARTS) is 2. The van der Waals surface area contributed by atoms with Crippen molar-refractivity contribution >= 4 is 28.7 Å². The molecule has 2 amide bonds. The third kappa shape index (κ3) is 6.10. The number of aliphatic carboxylic acids is 2. The first-order valence-corrected chi connectivity index (χ1v) is 9.77. The number of hydrogen-bond acceptors (Lipinski definition) is 4. The molecular formula is C22H28N2O6. The Kier molecular flexibility index (Phi) is 8.03. The number of ether oxygens (including phenoxy) is 1. The lowest BCUT2D eigenvalue weighted by Gasteiger charge is -2.26. The SMILES string of the molecule is COc1ccc2ccccc2c1C[C@H](NC(=O)N(CCC(=O)O)CC(C)C)C(=O)O. The standard InChI is InChI=1S/C22H28N2O6/c1-14(2)13-24(11-10-20(25)26)22(29)23-18(21(27)28)12-17-16-7-5-4-6-15(16)8-9-19(17)30-3/h4-9,14,18H,10-13H2,1-3H3,(H,23,29)(H,25,26)(H,27,28)/t18-/m0/s1. The van der Waals surface area contributed by atoms with Crippen LogP contribution >= 0.6 is 0 Å². The van der Waals surface area contributed by atoms with E-state index in [-0.39, 0.29) is 25.3 Å². The van der Waals surface area contributed by atoms with Crippen molar-refractivity contribution in [1.29, 1.82) is 0 Å². The molecule has 8 heteroatoms. The summed E-state index contributed by atoms with van der Waals surface area (Å²) >= 11 is 0. The fourth-order valence-electron chi connectivity index (χ4n) is 3.31. The van der Waals surface area contributed by atoms with E-state index in [2.05, 4.69) is 5.32 Å². The average molecular weight is 416 g/mol. The summed E-state index contributed by atoms with van der Waals surface area (Å²) in [6.07, 6.45) is -0.185. The van der Waals surface area contributed by atoms with Crippen LogP contribution in [0.2, 0.25) is 0 Å². The molecule has 3 N–H and O–H groups in total. The van der Waals surface area contributed by atoms with Gasteiger partial charge in [-0.2, -0.15) is 0 Å². The van der Waals surface area contributed by atoms with Gasteiger partial charge in [-0.25, -0.2) is 9.59 Å². The number of methoxy groups -OCH3 is 1. The van der Waals surface area contributed by atoms with Gasteiger partial charge in [-0.1, -0.05) is 44.2 Å². The Balaban J connectivity index is 2.28. The van der Waals surface area contributed by atoms with Crippen molar-refractivity contribution in [3.63, 3.8) is 0 Å². The van der Waals surface area contributed by atoms with Crippen molar-refractivity contribution in [3.05, 3.63) is 42.0 Å². The Morgan fingerprint density at radius 3 is 2.40 bits per heavy atom. The highest BCUT2D eigenvalue weighted by molar-refractivity contribution is 5.89. The molecule has 0 saturated carbocycles. The van der Waals surface area contributed by atoms with Crippen molar-refractivity contribution in [2.75, 3.05) is 20.2 Å². The normalized spacial score (nSPS) is 11.9. The zero-order valence-electron chi connectivity index (χ0n) is 17.4. The van der Waals surface area contributed by atoms with Crippen LogP contribution in [0.3, 0.4) is 0 Å². The van der Waals surface area contributed by atoms with E-state index in [1.807, 2.05) is 44.2 Å². The molecule has 0 aliphatic heterocycles. The number of nitrogens with one attached hydrogen (secondary N) is 1. The second kappa shape index (κ2) is 10.5. The number of fused-ring (bicyclic) bond motifs is 1. The van der Waals surface area contributed by atoms with E-state index in [0.717, 1.165) is 10.8 Å². The molecule has 0 aliphatic carbocycles. The second-order valence-corrected chi connectivity index (χ2v) is 7.50. The molecule has 162 valence electrons. The number of rotatable bonds is 10. The first-order valence-electron chi connectivity index (χ1n) is 9.77. The van der Waals surface area contributed by atoms with E-state index in [0.29, 0.717) is 17.9 Å². The van der Waals surface area contributed by atoms with Crippen molar-refractivity contribution < 1.29 is 29.3 Å². The molecule has 0 aliphatic rings. The molecule has 2 aromatic carbocycles. The minimum Gasteiger partial charge on any atom is -0.496 e. The van der Waals surface area contributed by atoms with Crippen LogP contribution in [0.4, 0.5) is 4.79 Å². The monoisotopic (exact) mass is 416 g/mol. The van der Waals surface area contributed by atoms with Crippen molar-refractivity contribution in [3.8, 4) is 5.75 Å². The summed E-state index contributed by atoms with van der Waals surface area (Å²) < 4.78 is 5.42. The zero-order chi connectivity index (χ0) is 22.3. The number of amides is 2. The van der Waals surface area contributed by atoms with Gasteiger partial charge in [-0.3, -0.25) is 4.79 Å². The molecule has 2 aromatic rings. The van der Waals surface area contributed by atoms with E-state index >= 15 is 0 Å². The highest BCUT2D eigenvalue weighted by Crippen LogP contribution is 2.29. The predicted octanol–water partition coefficient (Wildman–Crippen LogP) is 2.99. The second-order valence-electron chi connectivity index (χ2n) is 7.50. The first kappa shape index (κ1) is 23.0. The average Bonchev–Trinajstić information content (AvgIpc) is 2.70. The topological polar surface area (TPSA) is 116 Å². The minimum atomic E-state index is -1.20. The molecule has 0 heterocycles. The summed E-state index contributed by atoms with van der Waals surface area (Å²) in [5.41, 5.74) is 0.684. The van der Waals surface area contributed by atoms with Gasteiger partial charge < -0.3 is 25.2 Å². The van der Waals surface area contributed by atoms with E-state index in [1.54, 1.807) is 6.07 Å². The van der Waals surface area contributed by atoms with Crippen LogP contribution in [0.1, 0.15) is 25.8 Å². The van der Waals surface area contributed by atoms with Crippen molar-refractivity contribution in [2.24, 2.45) is 5.92 Å². The van der Waals surface area contributed by atoms with Gasteiger partial charge in [0.15, 0.2) is 0 Å². The van der Waals surface area contributed by atoms with Gasteiger partial charge in [-0.15, -0.1) is 0 Å². The Labute approximate surface area is 175 Å². The highest BCUT2D eigenvalue weighted by atomic mass is 16.5. The van der Waals surface area contributed by atoms with E-state index in [9.17, 15) is 19.5 Å². The molecule has 2 rings (SSSR count). The lowest BCUT2D eigenvalue weighted by atomic mass is 9.97. The first-order chi connectivity index (χ1) is 14.2. The summed E-state index contributed by atoms with van der Waals surface area (Å²) in [6.45, 7) is 4.12. The molecular weight excluding hydrogens is 388 g/mol. The molecule has 0 radical (unpaired) electrons. The largest absolute Gasteiger partial charge is 0.496 e. The molecule has 0 bridgehead atoms. The molecule has 0 spiro atoms. The van der Waals surface area contributed by atoms with Crippen LogP contribution in [0, 0.1) is 5.92 Å². The minimum absolute atomic E-state index is 0.00325. The number of carbonyl (C=O) groups is 3. The molecule has 0 unspecified atom stereocenters. The van der Waals surface area contributed by atoms with Gasteiger partial charge in [0.1, 0.15) is 11.8 Å². The lowest BCUT2D eigenvalue weighted by molar-refractivity contribution is -0.139. The van der Waals surface area contributed by atoms with Crippen LogP contribution in [-0.2, 0) is 16.0 Å². The van der Waals surface area contributed by atoms with Crippen LogP contribution in [0.15, 0.2) is 36.4 Å². The molecule has 0 saturated heterocycles. The van der Waals surface area contributed by atoms with E-state index in [1.165, 1.54) is 12.0 Å². The van der Waals surface area contributed by atoms with Gasteiger partial charge in [0, 0.05) is 25.1 Å². The van der Waals surface area contributed by atoms with Crippen LogP contribution in [0.25, 0.3) is 10.8 Å². The smallest absolute Gasteiger partial charge is 0.326 e. The molecule has 0 aromatic heterocycles. The van der Waals surface area contributed by atoms with Gasteiger partial charge in [0.2, 0.25) is 0 Å². The predicted molar refractivity (Wildman–Crippen MR) is 113 cm³/mol. The number of hydrogen-bond donors (Lipinski definition) is 3. The van der Waals surface area contributed by atoms with Crippen LogP contribution in [-0.4, -0.2) is 59.3 Å². The zero-order valence-corrected chi connectivity index (χ0v) is 17.4. The van der Waals surface area contributed by atoms with Gasteiger partial charge in [-0.05, 0) is 22.8 Å². The third-order valence-corrected chi connectivity index (χ3v) is 4.69. The lowest BCUT2D eigenvalue weighted by Crippen LogP contribution is -2.50. The van der Waals surface area contributed by atoms with Crippen molar-refractivity contribution in [1.82, 2.24) is 10.2 Å². The Morgan fingerprint density at radius 1 is 1.10 bits per heavy atom. The van der Waals surface area contributed by atoms with Gasteiger partial charge in [0.25, 0.3) is 0 Å². The summed E-state index contributed by atoms with van der Waals surface area (Å²) in [6, 6.07) is 9.41. The summed E-state index contributed by atoms with van der Waals surface area (Å²) in [7, 11) is 1.51. The van der Waals surface area contributed by atoms with E-state index < -0.39 is 24.0 Å². The summed E-state index contributed by atoms with van der Waals surface area (Å²) in [5, 5.41) is 23.0. The van der Waals surface area contributed by atoms with Gasteiger partial charge >= 0.3 is 18.0 Å².